The molecule has 1 aromatic rings. The lowest BCUT2D eigenvalue weighted by Crippen LogP contribution is -2.56. The molecule has 8 nitrogen and oxygen atoms in total. The number of aliphatic carboxylic acids is 1. The van der Waals surface area contributed by atoms with Crippen molar-refractivity contribution < 1.29 is 32.7 Å². The first-order valence-electron chi connectivity index (χ1n) is 12.6. The van der Waals surface area contributed by atoms with E-state index >= 15 is 0 Å². The molecule has 1 spiro atoms. The number of anilines is 1. The second-order valence-corrected chi connectivity index (χ2v) is 10.8. The fourth-order valence-electron chi connectivity index (χ4n) is 5.45. The molecule has 3 heterocycles. The summed E-state index contributed by atoms with van der Waals surface area (Å²) in [5.74, 6) is -1.24. The number of carbonyl (C=O) groups excluding carboxylic acids is 2. The molecule has 0 unspecified atom stereocenters. The third-order valence-corrected chi connectivity index (χ3v) is 7.65. The van der Waals surface area contributed by atoms with E-state index in [2.05, 4.69) is 24.1 Å². The molecule has 206 valence electrons. The van der Waals surface area contributed by atoms with Crippen LogP contribution in [0.5, 0.6) is 0 Å². The maximum absolute atomic E-state index is 13.0. The number of likely N-dealkylation sites (tertiary alicyclic amines) is 2. The summed E-state index contributed by atoms with van der Waals surface area (Å²) in [5, 5.41) is 10.5. The zero-order chi connectivity index (χ0) is 27.5. The van der Waals surface area contributed by atoms with Gasteiger partial charge in [0.1, 0.15) is 0 Å². The standard InChI is InChI=1S/C24H36N4O2.C2HF3O2/c1-17(2)9-12-27-15-20-21(16-27)24(25-22(20)29)10-13-28(14-11-24)23(30)18-5-7-19(8-6-18)26(3)4;3-2(4,5)1(6)7/h5-8,17,20-21H,9-16H2,1-4H3,(H,25,29);(H,6,7)/t20-,21+;/m1./s1. The Bertz CT molecular complexity index is 973. The first-order chi connectivity index (χ1) is 17.2. The highest BCUT2D eigenvalue weighted by molar-refractivity contribution is 5.94. The molecule has 3 fully saturated rings. The van der Waals surface area contributed by atoms with Crippen LogP contribution in [0.2, 0.25) is 0 Å². The second-order valence-electron chi connectivity index (χ2n) is 10.8. The number of fused-ring (bicyclic) bond motifs is 2. The minimum atomic E-state index is -5.08. The van der Waals surface area contributed by atoms with E-state index < -0.39 is 12.1 Å². The van der Waals surface area contributed by atoms with Gasteiger partial charge in [-0.1, -0.05) is 13.8 Å². The molecular weight excluding hydrogens is 489 g/mol. The summed E-state index contributed by atoms with van der Waals surface area (Å²) in [6.07, 6.45) is -2.18. The maximum Gasteiger partial charge on any atom is 0.490 e. The molecule has 11 heteroatoms. The number of alkyl halides is 3. The predicted octanol–water partition coefficient (Wildman–Crippen LogP) is 3.08. The average molecular weight is 527 g/mol. The van der Waals surface area contributed by atoms with Crippen LogP contribution in [0.15, 0.2) is 24.3 Å². The van der Waals surface area contributed by atoms with E-state index in [0.717, 1.165) is 43.7 Å². The molecule has 0 radical (unpaired) electrons. The van der Waals surface area contributed by atoms with Crippen molar-refractivity contribution in [3.05, 3.63) is 29.8 Å². The molecule has 3 aliphatic heterocycles. The van der Waals surface area contributed by atoms with Crippen molar-refractivity contribution in [1.82, 2.24) is 15.1 Å². The molecule has 0 saturated carbocycles. The van der Waals surface area contributed by atoms with Crippen molar-refractivity contribution in [2.45, 2.75) is 44.8 Å². The van der Waals surface area contributed by atoms with E-state index in [9.17, 15) is 22.8 Å². The summed E-state index contributed by atoms with van der Waals surface area (Å²) in [6, 6.07) is 7.81. The number of nitrogens with one attached hydrogen (secondary N) is 1. The summed E-state index contributed by atoms with van der Waals surface area (Å²) >= 11 is 0. The van der Waals surface area contributed by atoms with E-state index in [1.807, 2.05) is 48.2 Å². The van der Waals surface area contributed by atoms with E-state index in [1.54, 1.807) is 0 Å². The Balaban J connectivity index is 0.000000479. The number of benzene rings is 1. The van der Waals surface area contributed by atoms with Crippen molar-refractivity contribution in [1.29, 1.82) is 0 Å². The van der Waals surface area contributed by atoms with Gasteiger partial charge in [-0.15, -0.1) is 0 Å². The SMILES string of the molecule is CC(C)CCN1C[C@H]2C(=O)NC3(CCN(C(=O)c4ccc(N(C)C)cc4)CC3)[C@H]2C1.O=C(O)C(F)(F)F. The zero-order valence-corrected chi connectivity index (χ0v) is 21.8. The van der Waals surface area contributed by atoms with Crippen LogP contribution in [0.25, 0.3) is 0 Å². The number of rotatable bonds is 5. The number of hydrogen-bond acceptors (Lipinski definition) is 5. The van der Waals surface area contributed by atoms with Gasteiger partial charge < -0.3 is 25.1 Å². The monoisotopic (exact) mass is 526 g/mol. The Kier molecular flexibility index (Phi) is 8.77. The van der Waals surface area contributed by atoms with Crippen molar-refractivity contribution in [3.8, 4) is 0 Å². The molecule has 3 aliphatic rings. The van der Waals surface area contributed by atoms with Gasteiger partial charge in [0.05, 0.1) is 5.92 Å². The molecule has 0 aromatic heterocycles. The third-order valence-electron chi connectivity index (χ3n) is 7.65. The third kappa shape index (κ3) is 6.74. The highest BCUT2D eigenvalue weighted by Gasteiger charge is 2.57. The van der Waals surface area contributed by atoms with Crippen LogP contribution in [0.1, 0.15) is 43.5 Å². The lowest BCUT2D eigenvalue weighted by Gasteiger charge is -2.43. The highest BCUT2D eigenvalue weighted by atomic mass is 19.4. The Morgan fingerprint density at radius 3 is 2.19 bits per heavy atom. The Morgan fingerprint density at radius 2 is 1.70 bits per heavy atom. The minimum absolute atomic E-state index is 0.0982. The molecule has 1 aromatic carbocycles. The van der Waals surface area contributed by atoms with Gasteiger partial charge in [-0.2, -0.15) is 13.2 Å². The minimum Gasteiger partial charge on any atom is -0.475 e. The molecule has 4 rings (SSSR count). The van der Waals surface area contributed by atoms with Crippen LogP contribution < -0.4 is 10.2 Å². The van der Waals surface area contributed by atoms with Crippen molar-refractivity contribution in [2.24, 2.45) is 17.8 Å². The Hall–Kier alpha value is -2.82. The van der Waals surface area contributed by atoms with E-state index in [1.165, 1.54) is 6.42 Å². The van der Waals surface area contributed by atoms with E-state index in [0.29, 0.717) is 24.9 Å². The number of carboxylic acids is 1. The van der Waals surface area contributed by atoms with Crippen molar-refractivity contribution >= 4 is 23.5 Å². The molecule has 2 amide bonds. The number of carboxylic acid groups (broad SMARTS) is 1. The maximum atomic E-state index is 13.0. The van der Waals surface area contributed by atoms with Crippen molar-refractivity contribution in [3.63, 3.8) is 0 Å². The van der Waals surface area contributed by atoms with Gasteiger partial charge in [0.15, 0.2) is 0 Å². The lowest BCUT2D eigenvalue weighted by atomic mass is 9.75. The van der Waals surface area contributed by atoms with Gasteiger partial charge in [-0.05, 0) is 56.0 Å². The topological polar surface area (TPSA) is 93.2 Å². The smallest absolute Gasteiger partial charge is 0.475 e. The number of piperidine rings is 1. The van der Waals surface area contributed by atoms with Crippen LogP contribution in [0.3, 0.4) is 0 Å². The highest BCUT2D eigenvalue weighted by Crippen LogP contribution is 2.44. The van der Waals surface area contributed by atoms with E-state index in [-0.39, 0.29) is 23.3 Å². The zero-order valence-electron chi connectivity index (χ0n) is 21.8. The van der Waals surface area contributed by atoms with Gasteiger partial charge in [0, 0.05) is 63.0 Å². The summed E-state index contributed by atoms with van der Waals surface area (Å²) in [4.78, 5) is 41.1. The molecule has 3 saturated heterocycles. The largest absolute Gasteiger partial charge is 0.490 e. The molecule has 37 heavy (non-hydrogen) atoms. The summed E-state index contributed by atoms with van der Waals surface area (Å²) in [7, 11) is 3.99. The normalized spacial score (nSPS) is 22.9. The van der Waals surface area contributed by atoms with Gasteiger partial charge in [0.25, 0.3) is 5.91 Å². The molecule has 2 N–H and O–H groups in total. The Labute approximate surface area is 215 Å². The van der Waals surface area contributed by atoms with Crippen LogP contribution in [0.4, 0.5) is 18.9 Å². The summed E-state index contributed by atoms with van der Waals surface area (Å²) in [5.41, 5.74) is 1.71. The molecular formula is C26H37F3N4O4. The van der Waals surface area contributed by atoms with E-state index in [4.69, 9.17) is 9.90 Å². The fraction of sp³-hybridized carbons (Fsp3) is 0.654. The van der Waals surface area contributed by atoms with Gasteiger partial charge in [-0.25, -0.2) is 4.79 Å². The summed E-state index contributed by atoms with van der Waals surface area (Å²) in [6.45, 7) is 8.93. The van der Waals surface area contributed by atoms with Crippen LogP contribution in [0, 0.1) is 17.8 Å². The second kappa shape index (κ2) is 11.3. The number of amides is 2. The quantitative estimate of drug-likeness (QED) is 0.613. The average Bonchev–Trinajstić information content (AvgIpc) is 3.37. The number of hydrogen-bond donors (Lipinski definition) is 2. The molecule has 0 aliphatic carbocycles. The molecule has 0 bridgehead atoms. The number of nitrogens with zero attached hydrogens (tertiary/aromatic N) is 3. The Morgan fingerprint density at radius 1 is 1.14 bits per heavy atom. The lowest BCUT2D eigenvalue weighted by molar-refractivity contribution is -0.192. The van der Waals surface area contributed by atoms with Crippen LogP contribution in [-0.4, -0.2) is 91.2 Å². The van der Waals surface area contributed by atoms with Crippen LogP contribution in [-0.2, 0) is 9.59 Å². The van der Waals surface area contributed by atoms with Crippen LogP contribution >= 0.6 is 0 Å². The fourth-order valence-corrected chi connectivity index (χ4v) is 5.45. The van der Waals surface area contributed by atoms with Gasteiger partial charge in [0.2, 0.25) is 5.91 Å². The number of halogens is 3. The van der Waals surface area contributed by atoms with Gasteiger partial charge in [-0.3, -0.25) is 9.59 Å². The summed E-state index contributed by atoms with van der Waals surface area (Å²) < 4.78 is 31.7. The van der Waals surface area contributed by atoms with Crippen molar-refractivity contribution in [2.75, 3.05) is 51.7 Å². The first-order valence-corrected chi connectivity index (χ1v) is 12.6. The first kappa shape index (κ1) is 28.7. The van der Waals surface area contributed by atoms with Gasteiger partial charge >= 0.3 is 12.1 Å². The number of carbonyl (C=O) groups is 3. The molecule has 2 atom stereocenters. The predicted molar refractivity (Wildman–Crippen MR) is 133 cm³/mol.